The topological polar surface area (TPSA) is 64.6 Å². The van der Waals surface area contributed by atoms with E-state index in [-0.39, 0.29) is 5.75 Å². The minimum absolute atomic E-state index is 0.0892. The van der Waals surface area contributed by atoms with Crippen LogP contribution in [0.3, 0.4) is 0 Å². The summed E-state index contributed by atoms with van der Waals surface area (Å²) in [6.45, 7) is 3.78. The van der Waals surface area contributed by atoms with Gasteiger partial charge in [0.05, 0.1) is 18.0 Å². The fourth-order valence-electron chi connectivity index (χ4n) is 2.07. The molecule has 0 saturated heterocycles. The minimum atomic E-state index is -0.988. The first-order valence-corrected chi connectivity index (χ1v) is 9.09. The summed E-state index contributed by atoms with van der Waals surface area (Å²) < 4.78 is 24.1. The molecule has 1 N–H and O–H groups in total. The van der Waals surface area contributed by atoms with Crippen LogP contribution in [-0.4, -0.2) is 30.3 Å². The average Bonchev–Trinajstić information content (AvgIpc) is 2.63. The number of hydrogen-bond donors (Lipinski definition) is 1. The lowest BCUT2D eigenvalue weighted by Gasteiger charge is -2.15. The number of thioether (sulfide) groups is 1. The molecule has 2 aromatic rings. The summed E-state index contributed by atoms with van der Waals surface area (Å²) >= 11 is 1.02. The molecule has 0 unspecified atom stereocenters. The Labute approximate surface area is 155 Å². The molecule has 0 aliphatic heterocycles. The third-order valence-corrected chi connectivity index (χ3v) is 4.33. The van der Waals surface area contributed by atoms with Crippen LogP contribution in [0.1, 0.15) is 13.8 Å². The number of esters is 1. The predicted octanol–water partition coefficient (Wildman–Crippen LogP) is 3.89. The maximum Gasteiger partial charge on any atom is 0.317 e. The van der Waals surface area contributed by atoms with Crippen molar-refractivity contribution in [3.63, 3.8) is 0 Å². The fourth-order valence-corrected chi connectivity index (χ4v) is 2.79. The number of carbonyl (C=O) groups is 2. The summed E-state index contributed by atoms with van der Waals surface area (Å²) in [5, 5.41) is 2.68. The van der Waals surface area contributed by atoms with Crippen molar-refractivity contribution >= 4 is 29.3 Å². The standard InChI is InChI=1S/C19H20FNO4S/c1-3-24-16-10-6-5-9-15(16)21-19(23)13(2)25-18(22)12-26-17-11-7-4-8-14(17)20/h4-11,13H,3,12H2,1-2H3,(H,21,23)/t13-/m1/s1. The zero-order chi connectivity index (χ0) is 18.9. The van der Waals surface area contributed by atoms with E-state index >= 15 is 0 Å². The zero-order valence-electron chi connectivity index (χ0n) is 14.5. The number of para-hydroxylation sites is 2. The van der Waals surface area contributed by atoms with Gasteiger partial charge in [-0.3, -0.25) is 9.59 Å². The minimum Gasteiger partial charge on any atom is -0.492 e. The van der Waals surface area contributed by atoms with Crippen molar-refractivity contribution in [2.75, 3.05) is 17.7 Å². The van der Waals surface area contributed by atoms with Crippen LogP contribution < -0.4 is 10.1 Å². The van der Waals surface area contributed by atoms with Crippen LogP contribution in [0.25, 0.3) is 0 Å². The molecule has 0 saturated carbocycles. The molecule has 0 spiro atoms. The lowest BCUT2D eigenvalue weighted by atomic mass is 10.2. The molecule has 5 nitrogen and oxygen atoms in total. The van der Waals surface area contributed by atoms with Gasteiger partial charge in [0.1, 0.15) is 11.6 Å². The first-order chi connectivity index (χ1) is 12.5. The summed E-state index contributed by atoms with van der Waals surface area (Å²) in [4.78, 5) is 24.5. The summed E-state index contributed by atoms with van der Waals surface area (Å²) in [5.41, 5.74) is 0.503. The van der Waals surface area contributed by atoms with Gasteiger partial charge in [-0.2, -0.15) is 0 Å². The quantitative estimate of drug-likeness (QED) is 0.559. The van der Waals surface area contributed by atoms with Crippen molar-refractivity contribution in [3.05, 3.63) is 54.3 Å². The first kappa shape index (κ1) is 19.8. The molecule has 0 aromatic heterocycles. The summed E-state index contributed by atoms with van der Waals surface area (Å²) in [7, 11) is 0. The smallest absolute Gasteiger partial charge is 0.317 e. The number of hydrogen-bond acceptors (Lipinski definition) is 5. The van der Waals surface area contributed by atoms with E-state index in [0.717, 1.165) is 11.8 Å². The third kappa shape index (κ3) is 5.77. The fraction of sp³-hybridized carbons (Fsp3) is 0.263. The van der Waals surface area contributed by atoms with Gasteiger partial charge in [0, 0.05) is 4.90 Å². The van der Waals surface area contributed by atoms with Crippen LogP contribution in [0, 0.1) is 5.82 Å². The van der Waals surface area contributed by atoms with Gasteiger partial charge >= 0.3 is 5.97 Å². The normalized spacial score (nSPS) is 11.5. The summed E-state index contributed by atoms with van der Waals surface area (Å²) in [5.74, 6) is -1.02. The Bertz CT molecular complexity index is 769. The molecule has 2 rings (SSSR count). The summed E-state index contributed by atoms with van der Waals surface area (Å²) in [6.07, 6.45) is -0.988. The molecule has 0 aliphatic rings. The molecule has 0 radical (unpaired) electrons. The van der Waals surface area contributed by atoms with E-state index in [2.05, 4.69) is 5.32 Å². The monoisotopic (exact) mass is 377 g/mol. The van der Waals surface area contributed by atoms with Crippen molar-refractivity contribution in [1.82, 2.24) is 0 Å². The lowest BCUT2D eigenvalue weighted by Crippen LogP contribution is -2.30. The highest BCUT2D eigenvalue weighted by atomic mass is 32.2. The number of ether oxygens (including phenoxy) is 2. The van der Waals surface area contributed by atoms with E-state index in [0.29, 0.717) is 22.9 Å². The van der Waals surface area contributed by atoms with Crippen LogP contribution in [0.4, 0.5) is 10.1 Å². The second kappa shape index (κ2) is 9.82. The van der Waals surface area contributed by atoms with Gasteiger partial charge in [-0.1, -0.05) is 24.3 Å². The largest absolute Gasteiger partial charge is 0.492 e. The number of rotatable bonds is 8. The molecule has 26 heavy (non-hydrogen) atoms. The Morgan fingerprint density at radius 1 is 1.15 bits per heavy atom. The number of nitrogens with one attached hydrogen (secondary N) is 1. The Balaban J connectivity index is 1.86. The van der Waals surface area contributed by atoms with Gasteiger partial charge in [0.25, 0.3) is 5.91 Å². The number of halogens is 1. The maximum atomic E-state index is 13.5. The highest BCUT2D eigenvalue weighted by Gasteiger charge is 2.19. The molecule has 0 aliphatic carbocycles. The van der Waals surface area contributed by atoms with Crippen LogP contribution in [0.15, 0.2) is 53.4 Å². The molecule has 0 fully saturated rings. The van der Waals surface area contributed by atoms with Gasteiger partial charge < -0.3 is 14.8 Å². The van der Waals surface area contributed by atoms with Gasteiger partial charge in [-0.15, -0.1) is 11.8 Å². The SMILES string of the molecule is CCOc1ccccc1NC(=O)[C@@H](C)OC(=O)CSc1ccccc1F. The van der Waals surface area contributed by atoms with E-state index < -0.39 is 23.8 Å². The second-order valence-corrected chi connectivity index (χ2v) is 6.29. The van der Waals surface area contributed by atoms with Crippen LogP contribution >= 0.6 is 11.8 Å². The highest BCUT2D eigenvalue weighted by Crippen LogP contribution is 2.24. The van der Waals surface area contributed by atoms with E-state index in [1.54, 1.807) is 42.5 Å². The van der Waals surface area contributed by atoms with Gasteiger partial charge in [0.15, 0.2) is 6.10 Å². The van der Waals surface area contributed by atoms with E-state index in [1.165, 1.54) is 13.0 Å². The third-order valence-electron chi connectivity index (χ3n) is 3.30. The molecule has 0 heterocycles. The second-order valence-electron chi connectivity index (χ2n) is 5.27. The predicted molar refractivity (Wildman–Crippen MR) is 98.9 cm³/mol. The summed E-state index contributed by atoms with van der Waals surface area (Å²) in [6, 6.07) is 13.1. The molecule has 0 bridgehead atoms. The molecule has 138 valence electrons. The molecular formula is C19H20FNO4S. The first-order valence-electron chi connectivity index (χ1n) is 8.10. The van der Waals surface area contributed by atoms with Gasteiger partial charge in [0.2, 0.25) is 0 Å². The Hall–Kier alpha value is -2.54. The van der Waals surface area contributed by atoms with Crippen molar-refractivity contribution in [2.24, 2.45) is 0 Å². The Morgan fingerprint density at radius 2 is 1.85 bits per heavy atom. The zero-order valence-corrected chi connectivity index (χ0v) is 15.3. The number of anilines is 1. The molecule has 7 heteroatoms. The van der Waals surface area contributed by atoms with Crippen molar-refractivity contribution < 1.29 is 23.5 Å². The molecule has 2 aromatic carbocycles. The van der Waals surface area contributed by atoms with Crippen molar-refractivity contribution in [3.8, 4) is 5.75 Å². The van der Waals surface area contributed by atoms with Crippen LogP contribution in [0.5, 0.6) is 5.75 Å². The number of carbonyl (C=O) groups excluding carboxylic acids is 2. The Kier molecular flexibility index (Phi) is 7.47. The maximum absolute atomic E-state index is 13.5. The van der Waals surface area contributed by atoms with Crippen molar-refractivity contribution in [2.45, 2.75) is 24.8 Å². The average molecular weight is 377 g/mol. The Morgan fingerprint density at radius 3 is 2.58 bits per heavy atom. The van der Waals surface area contributed by atoms with Gasteiger partial charge in [-0.05, 0) is 38.1 Å². The molecular weight excluding hydrogens is 357 g/mol. The molecule has 1 amide bonds. The van der Waals surface area contributed by atoms with E-state index in [4.69, 9.17) is 9.47 Å². The lowest BCUT2D eigenvalue weighted by molar-refractivity contribution is -0.150. The number of amides is 1. The van der Waals surface area contributed by atoms with Crippen molar-refractivity contribution in [1.29, 1.82) is 0 Å². The highest BCUT2D eigenvalue weighted by molar-refractivity contribution is 8.00. The van der Waals surface area contributed by atoms with Crippen LogP contribution in [-0.2, 0) is 14.3 Å². The van der Waals surface area contributed by atoms with E-state index in [1.807, 2.05) is 6.92 Å². The van der Waals surface area contributed by atoms with Gasteiger partial charge in [-0.25, -0.2) is 4.39 Å². The molecule has 1 atom stereocenters. The number of benzene rings is 2. The van der Waals surface area contributed by atoms with Crippen LogP contribution in [0.2, 0.25) is 0 Å². The van der Waals surface area contributed by atoms with E-state index in [9.17, 15) is 14.0 Å².